The van der Waals surface area contributed by atoms with Gasteiger partial charge in [0, 0.05) is 23.1 Å². The first kappa shape index (κ1) is 16.5. The van der Waals surface area contributed by atoms with E-state index in [-0.39, 0.29) is 12.6 Å². The summed E-state index contributed by atoms with van der Waals surface area (Å²) in [6.07, 6.45) is 4.76. The van der Waals surface area contributed by atoms with Gasteiger partial charge < -0.3 is 5.11 Å². The third-order valence-corrected chi connectivity index (χ3v) is 5.27. The molecule has 0 aromatic heterocycles. The second kappa shape index (κ2) is 7.40. The number of sulfonamides is 1. The van der Waals surface area contributed by atoms with Crippen LogP contribution in [0.2, 0.25) is 5.02 Å². The van der Waals surface area contributed by atoms with Gasteiger partial charge in [0.1, 0.15) is 0 Å². The Balaban J connectivity index is 1.95. The van der Waals surface area contributed by atoms with Crippen molar-refractivity contribution in [2.75, 3.05) is 6.61 Å². The predicted octanol–water partition coefficient (Wildman–Crippen LogP) is 2.78. The van der Waals surface area contributed by atoms with Gasteiger partial charge in [-0.25, -0.2) is 13.1 Å². The minimum absolute atomic E-state index is 0.0475. The summed E-state index contributed by atoms with van der Waals surface area (Å²) >= 11 is 5.99. The van der Waals surface area contributed by atoms with Crippen molar-refractivity contribution in [2.24, 2.45) is 5.92 Å². The highest BCUT2D eigenvalue weighted by Crippen LogP contribution is 2.24. The lowest BCUT2D eigenvalue weighted by atomic mass is 9.87. The summed E-state index contributed by atoms with van der Waals surface area (Å²) in [6.45, 7) is 0.186. The Bertz CT molecular complexity index is 593. The largest absolute Gasteiger partial charge is 0.396 e. The number of halogens is 1. The predicted molar refractivity (Wildman–Crippen MR) is 85.4 cm³/mol. The summed E-state index contributed by atoms with van der Waals surface area (Å²) < 4.78 is 26.8. The first-order valence-electron chi connectivity index (χ1n) is 7.06. The molecule has 1 saturated carbocycles. The highest BCUT2D eigenvalue weighted by atomic mass is 35.5. The summed E-state index contributed by atoms with van der Waals surface area (Å²) in [5.74, 6) is 0.310. The Kier molecular flexibility index (Phi) is 5.81. The number of benzene rings is 1. The van der Waals surface area contributed by atoms with Crippen LogP contribution in [0.25, 0.3) is 6.08 Å². The van der Waals surface area contributed by atoms with E-state index in [9.17, 15) is 8.42 Å². The zero-order chi connectivity index (χ0) is 15.3. The second-order valence-corrected chi connectivity index (χ2v) is 7.39. The van der Waals surface area contributed by atoms with E-state index in [1.807, 2.05) is 6.07 Å². The van der Waals surface area contributed by atoms with Crippen LogP contribution in [0.5, 0.6) is 0 Å². The Morgan fingerprint density at radius 2 is 1.90 bits per heavy atom. The molecule has 116 valence electrons. The minimum Gasteiger partial charge on any atom is -0.396 e. The fourth-order valence-corrected chi connectivity index (χ4v) is 3.81. The second-order valence-electron chi connectivity index (χ2n) is 5.39. The van der Waals surface area contributed by atoms with E-state index in [1.54, 1.807) is 18.2 Å². The van der Waals surface area contributed by atoms with Crippen LogP contribution in [0.3, 0.4) is 0 Å². The van der Waals surface area contributed by atoms with Crippen molar-refractivity contribution in [1.29, 1.82) is 0 Å². The zero-order valence-electron chi connectivity index (χ0n) is 11.7. The summed E-state index contributed by atoms with van der Waals surface area (Å²) in [4.78, 5) is 0. The topological polar surface area (TPSA) is 66.4 Å². The molecular weight excluding hydrogens is 310 g/mol. The van der Waals surface area contributed by atoms with Gasteiger partial charge in [-0.1, -0.05) is 29.8 Å². The maximum Gasteiger partial charge on any atom is 0.233 e. The van der Waals surface area contributed by atoms with Crippen LogP contribution >= 0.6 is 11.6 Å². The molecule has 0 unspecified atom stereocenters. The number of hydrogen-bond acceptors (Lipinski definition) is 3. The number of aliphatic hydroxyl groups is 1. The van der Waals surface area contributed by atoms with Gasteiger partial charge >= 0.3 is 0 Å². The first-order chi connectivity index (χ1) is 10.00. The maximum atomic E-state index is 12.0. The Hall–Kier alpha value is -0.880. The number of hydrogen-bond donors (Lipinski definition) is 2. The molecule has 0 aliphatic heterocycles. The number of aliphatic hydroxyl groups excluding tert-OH is 1. The van der Waals surface area contributed by atoms with Crippen LogP contribution in [0.4, 0.5) is 0 Å². The van der Waals surface area contributed by atoms with Crippen molar-refractivity contribution in [1.82, 2.24) is 4.72 Å². The van der Waals surface area contributed by atoms with E-state index >= 15 is 0 Å². The molecule has 1 fully saturated rings. The van der Waals surface area contributed by atoms with E-state index in [0.29, 0.717) is 16.5 Å². The monoisotopic (exact) mass is 329 g/mol. The fourth-order valence-electron chi connectivity index (χ4n) is 2.51. The smallest absolute Gasteiger partial charge is 0.233 e. The Morgan fingerprint density at radius 1 is 1.24 bits per heavy atom. The van der Waals surface area contributed by atoms with Crippen LogP contribution in [0.1, 0.15) is 31.2 Å². The molecule has 0 amide bonds. The highest BCUT2D eigenvalue weighted by Gasteiger charge is 2.23. The lowest BCUT2D eigenvalue weighted by Crippen LogP contribution is -2.37. The normalized spacial score (nSPS) is 23.5. The summed E-state index contributed by atoms with van der Waals surface area (Å²) in [5.41, 5.74) is 0.675. The minimum atomic E-state index is -3.47. The SMILES string of the molecule is O=S(=O)(/C=C/c1ccccc1Cl)NC1CCC(CO)CC1. The van der Waals surface area contributed by atoms with Gasteiger partial charge in [-0.05, 0) is 49.3 Å². The molecule has 4 nitrogen and oxygen atoms in total. The molecule has 2 rings (SSSR count). The molecule has 0 saturated heterocycles. The first-order valence-corrected chi connectivity index (χ1v) is 8.98. The van der Waals surface area contributed by atoms with Gasteiger partial charge in [-0.15, -0.1) is 0 Å². The van der Waals surface area contributed by atoms with Crippen LogP contribution in [-0.2, 0) is 10.0 Å². The molecule has 0 spiro atoms. The van der Waals surface area contributed by atoms with Gasteiger partial charge in [-0.2, -0.15) is 0 Å². The van der Waals surface area contributed by atoms with Crippen molar-refractivity contribution in [3.8, 4) is 0 Å². The molecule has 2 N–H and O–H groups in total. The standard InChI is InChI=1S/C15H20ClNO3S/c16-15-4-2-1-3-13(15)9-10-21(19,20)17-14-7-5-12(11-18)6-8-14/h1-4,9-10,12,14,17-18H,5-8,11H2/b10-9+. The van der Waals surface area contributed by atoms with E-state index in [1.165, 1.54) is 6.08 Å². The van der Waals surface area contributed by atoms with E-state index in [4.69, 9.17) is 16.7 Å². The maximum absolute atomic E-state index is 12.0. The highest BCUT2D eigenvalue weighted by molar-refractivity contribution is 7.92. The van der Waals surface area contributed by atoms with E-state index < -0.39 is 10.0 Å². The van der Waals surface area contributed by atoms with Crippen LogP contribution in [0.15, 0.2) is 29.7 Å². The quantitative estimate of drug-likeness (QED) is 0.873. The molecule has 21 heavy (non-hydrogen) atoms. The summed E-state index contributed by atoms with van der Waals surface area (Å²) in [7, 11) is -3.47. The molecule has 6 heteroatoms. The fraction of sp³-hybridized carbons (Fsp3) is 0.467. The average Bonchev–Trinajstić information content (AvgIpc) is 2.47. The number of nitrogens with one attached hydrogen (secondary N) is 1. The van der Waals surface area contributed by atoms with Gasteiger partial charge in [0.25, 0.3) is 0 Å². The van der Waals surface area contributed by atoms with E-state index in [0.717, 1.165) is 31.1 Å². The third kappa shape index (κ3) is 5.11. The summed E-state index contributed by atoms with van der Waals surface area (Å²) in [6, 6.07) is 7.04. The molecular formula is C15H20ClNO3S. The molecule has 1 aliphatic rings. The van der Waals surface area contributed by atoms with Gasteiger partial charge in [-0.3, -0.25) is 0 Å². The van der Waals surface area contributed by atoms with E-state index in [2.05, 4.69) is 4.72 Å². The van der Waals surface area contributed by atoms with Crippen LogP contribution < -0.4 is 4.72 Å². The van der Waals surface area contributed by atoms with Gasteiger partial charge in [0.2, 0.25) is 10.0 Å². The lowest BCUT2D eigenvalue weighted by Gasteiger charge is -2.27. The van der Waals surface area contributed by atoms with Crippen LogP contribution in [-0.4, -0.2) is 26.2 Å². The van der Waals surface area contributed by atoms with Crippen molar-refractivity contribution >= 4 is 27.7 Å². The molecule has 0 heterocycles. The third-order valence-electron chi connectivity index (χ3n) is 3.77. The number of rotatable bonds is 5. The van der Waals surface area contributed by atoms with Crippen LogP contribution in [0, 0.1) is 5.92 Å². The average molecular weight is 330 g/mol. The lowest BCUT2D eigenvalue weighted by molar-refractivity contribution is 0.180. The van der Waals surface area contributed by atoms with Crippen molar-refractivity contribution in [2.45, 2.75) is 31.7 Å². The van der Waals surface area contributed by atoms with Crippen molar-refractivity contribution in [3.63, 3.8) is 0 Å². The van der Waals surface area contributed by atoms with Gasteiger partial charge in [0.05, 0.1) is 0 Å². The van der Waals surface area contributed by atoms with Crippen molar-refractivity contribution < 1.29 is 13.5 Å². The molecule has 0 bridgehead atoms. The molecule has 1 aromatic rings. The van der Waals surface area contributed by atoms with Crippen molar-refractivity contribution in [3.05, 3.63) is 40.3 Å². The molecule has 1 aromatic carbocycles. The molecule has 1 aliphatic carbocycles. The molecule has 0 atom stereocenters. The summed E-state index contributed by atoms with van der Waals surface area (Å²) in [5, 5.41) is 10.8. The zero-order valence-corrected chi connectivity index (χ0v) is 13.3. The Morgan fingerprint density at radius 3 is 2.52 bits per heavy atom. The Labute approximate surface area is 130 Å². The van der Waals surface area contributed by atoms with Gasteiger partial charge in [0.15, 0.2) is 0 Å². The molecule has 0 radical (unpaired) electrons.